The van der Waals surface area contributed by atoms with E-state index in [9.17, 15) is 4.79 Å². The third kappa shape index (κ3) is 3.52. The molecule has 0 radical (unpaired) electrons. The van der Waals surface area contributed by atoms with Crippen molar-refractivity contribution >= 4 is 21.8 Å². The number of amides is 1. The first-order valence-corrected chi connectivity index (χ1v) is 7.84. The Morgan fingerprint density at radius 3 is 2.81 bits per heavy atom. The van der Waals surface area contributed by atoms with E-state index in [0.29, 0.717) is 6.54 Å². The predicted octanol–water partition coefficient (Wildman–Crippen LogP) is 2.78. The second kappa shape index (κ2) is 6.41. The smallest absolute Gasteiger partial charge is 0.237 e. The Kier molecular flexibility index (Phi) is 4.36. The van der Waals surface area contributed by atoms with Gasteiger partial charge in [-0.15, -0.1) is 0 Å². The summed E-state index contributed by atoms with van der Waals surface area (Å²) in [6.45, 7) is 1.31. The Labute approximate surface area is 132 Å². The summed E-state index contributed by atoms with van der Waals surface area (Å²) in [5, 5.41) is 6.31. The Hall–Kier alpha value is -1.65. The number of nitrogens with one attached hydrogen (secondary N) is 2. The van der Waals surface area contributed by atoms with E-state index < -0.39 is 0 Å². The van der Waals surface area contributed by atoms with E-state index in [0.717, 1.165) is 23.0 Å². The van der Waals surface area contributed by atoms with Gasteiger partial charge in [0.1, 0.15) is 0 Å². The number of benzene rings is 2. The van der Waals surface area contributed by atoms with Crippen molar-refractivity contribution in [2.75, 3.05) is 0 Å². The molecule has 1 aliphatic rings. The molecular formula is C17H17BrN2O. The highest BCUT2D eigenvalue weighted by Gasteiger charge is 2.23. The first-order valence-electron chi connectivity index (χ1n) is 7.05. The Morgan fingerprint density at radius 1 is 1.19 bits per heavy atom. The monoisotopic (exact) mass is 344 g/mol. The SMILES string of the molecule is O=C(NCc1cccc(Br)c1)[C@@H]1Cc2ccccc2CN1. The lowest BCUT2D eigenvalue weighted by atomic mass is 9.95. The van der Waals surface area contributed by atoms with Crippen LogP contribution in [0.3, 0.4) is 0 Å². The molecule has 0 saturated heterocycles. The molecule has 2 N–H and O–H groups in total. The number of fused-ring (bicyclic) bond motifs is 1. The van der Waals surface area contributed by atoms with Crippen molar-refractivity contribution in [2.45, 2.75) is 25.6 Å². The van der Waals surface area contributed by atoms with Crippen molar-refractivity contribution in [3.8, 4) is 0 Å². The lowest BCUT2D eigenvalue weighted by Gasteiger charge is -2.25. The van der Waals surface area contributed by atoms with E-state index in [1.807, 2.05) is 36.4 Å². The van der Waals surface area contributed by atoms with Crippen molar-refractivity contribution < 1.29 is 4.79 Å². The molecule has 0 aliphatic carbocycles. The maximum absolute atomic E-state index is 12.3. The van der Waals surface area contributed by atoms with Gasteiger partial charge in [0.15, 0.2) is 0 Å². The highest BCUT2D eigenvalue weighted by Crippen LogP contribution is 2.16. The zero-order chi connectivity index (χ0) is 14.7. The number of carbonyl (C=O) groups is 1. The molecule has 108 valence electrons. The zero-order valence-corrected chi connectivity index (χ0v) is 13.2. The van der Waals surface area contributed by atoms with E-state index in [4.69, 9.17) is 0 Å². The van der Waals surface area contributed by atoms with Crippen LogP contribution in [0.4, 0.5) is 0 Å². The number of carbonyl (C=O) groups excluding carboxylic acids is 1. The third-order valence-electron chi connectivity index (χ3n) is 3.75. The number of hydrogen-bond donors (Lipinski definition) is 2. The van der Waals surface area contributed by atoms with Crippen LogP contribution in [0.1, 0.15) is 16.7 Å². The molecule has 2 aromatic rings. The maximum Gasteiger partial charge on any atom is 0.237 e. The van der Waals surface area contributed by atoms with Crippen LogP contribution >= 0.6 is 15.9 Å². The molecule has 0 aromatic heterocycles. The first-order chi connectivity index (χ1) is 10.2. The standard InChI is InChI=1S/C17H17BrN2O/c18-15-7-3-4-12(8-15)10-20-17(21)16-9-13-5-1-2-6-14(13)11-19-16/h1-8,16,19H,9-11H2,(H,20,21)/t16-/m0/s1. The summed E-state index contributed by atoms with van der Waals surface area (Å²) < 4.78 is 1.03. The van der Waals surface area contributed by atoms with Gasteiger partial charge in [0.05, 0.1) is 6.04 Å². The summed E-state index contributed by atoms with van der Waals surface area (Å²) in [4.78, 5) is 12.3. The molecule has 1 heterocycles. The van der Waals surface area contributed by atoms with Crippen LogP contribution < -0.4 is 10.6 Å². The molecule has 3 nitrogen and oxygen atoms in total. The van der Waals surface area contributed by atoms with Crippen LogP contribution in [0.25, 0.3) is 0 Å². The lowest BCUT2D eigenvalue weighted by Crippen LogP contribution is -2.47. The molecule has 0 spiro atoms. The first kappa shape index (κ1) is 14.3. The Balaban J connectivity index is 1.59. The number of hydrogen-bond acceptors (Lipinski definition) is 2. The zero-order valence-electron chi connectivity index (χ0n) is 11.6. The van der Waals surface area contributed by atoms with Gasteiger partial charge >= 0.3 is 0 Å². The molecule has 1 aliphatic heterocycles. The van der Waals surface area contributed by atoms with Crippen LogP contribution in [0.2, 0.25) is 0 Å². The molecule has 0 unspecified atom stereocenters. The lowest BCUT2D eigenvalue weighted by molar-refractivity contribution is -0.123. The van der Waals surface area contributed by atoms with Gasteiger partial charge in [0.25, 0.3) is 0 Å². The average molecular weight is 345 g/mol. The van der Waals surface area contributed by atoms with Crippen LogP contribution in [0, 0.1) is 0 Å². The second-order valence-corrected chi connectivity index (χ2v) is 6.17. The van der Waals surface area contributed by atoms with Crippen LogP contribution in [-0.4, -0.2) is 11.9 Å². The Bertz CT molecular complexity index is 657. The van der Waals surface area contributed by atoms with Crippen molar-refractivity contribution in [3.05, 3.63) is 69.7 Å². The summed E-state index contributed by atoms with van der Waals surface area (Å²) in [6, 6.07) is 16.1. The van der Waals surface area contributed by atoms with Crippen LogP contribution in [0.15, 0.2) is 53.0 Å². The fourth-order valence-electron chi connectivity index (χ4n) is 2.60. The summed E-state index contributed by atoms with van der Waals surface area (Å²) in [7, 11) is 0. The number of rotatable bonds is 3. The third-order valence-corrected chi connectivity index (χ3v) is 4.25. The van der Waals surface area contributed by atoms with Gasteiger partial charge in [-0.25, -0.2) is 0 Å². The minimum atomic E-state index is -0.146. The minimum absolute atomic E-state index is 0.0597. The van der Waals surface area contributed by atoms with E-state index in [-0.39, 0.29) is 11.9 Å². The fraction of sp³-hybridized carbons (Fsp3) is 0.235. The largest absolute Gasteiger partial charge is 0.351 e. The van der Waals surface area contributed by atoms with E-state index >= 15 is 0 Å². The van der Waals surface area contributed by atoms with Gasteiger partial charge in [0, 0.05) is 17.6 Å². The molecule has 21 heavy (non-hydrogen) atoms. The number of halogens is 1. The molecule has 4 heteroatoms. The molecular weight excluding hydrogens is 328 g/mol. The highest BCUT2D eigenvalue weighted by molar-refractivity contribution is 9.10. The normalized spacial score (nSPS) is 17.1. The second-order valence-electron chi connectivity index (χ2n) is 5.25. The van der Waals surface area contributed by atoms with Gasteiger partial charge in [-0.2, -0.15) is 0 Å². The van der Waals surface area contributed by atoms with E-state index in [1.165, 1.54) is 11.1 Å². The molecule has 0 bridgehead atoms. The summed E-state index contributed by atoms with van der Waals surface area (Å²) in [5.41, 5.74) is 3.64. The summed E-state index contributed by atoms with van der Waals surface area (Å²) in [5.74, 6) is 0.0597. The van der Waals surface area contributed by atoms with Gasteiger partial charge in [-0.3, -0.25) is 4.79 Å². The maximum atomic E-state index is 12.3. The van der Waals surface area contributed by atoms with Crippen molar-refractivity contribution in [1.82, 2.24) is 10.6 Å². The predicted molar refractivity (Wildman–Crippen MR) is 86.8 cm³/mol. The Morgan fingerprint density at radius 2 is 2.00 bits per heavy atom. The topological polar surface area (TPSA) is 41.1 Å². The van der Waals surface area contributed by atoms with Crippen LogP contribution in [0.5, 0.6) is 0 Å². The van der Waals surface area contributed by atoms with Gasteiger partial charge in [-0.05, 0) is 35.2 Å². The molecule has 0 saturated carbocycles. The molecule has 3 rings (SSSR count). The molecule has 0 fully saturated rings. The molecule has 2 aromatic carbocycles. The summed E-state index contributed by atoms with van der Waals surface area (Å²) >= 11 is 3.44. The molecule has 1 atom stereocenters. The van der Waals surface area contributed by atoms with E-state index in [1.54, 1.807) is 0 Å². The van der Waals surface area contributed by atoms with Gasteiger partial charge in [-0.1, -0.05) is 52.3 Å². The van der Waals surface area contributed by atoms with Gasteiger partial charge < -0.3 is 10.6 Å². The summed E-state index contributed by atoms with van der Waals surface area (Å²) in [6.07, 6.45) is 0.750. The van der Waals surface area contributed by atoms with Crippen LogP contribution in [-0.2, 0) is 24.3 Å². The average Bonchev–Trinajstić information content (AvgIpc) is 2.52. The minimum Gasteiger partial charge on any atom is -0.351 e. The van der Waals surface area contributed by atoms with Crippen molar-refractivity contribution in [3.63, 3.8) is 0 Å². The van der Waals surface area contributed by atoms with E-state index in [2.05, 4.69) is 38.7 Å². The quantitative estimate of drug-likeness (QED) is 0.898. The molecule has 1 amide bonds. The highest BCUT2D eigenvalue weighted by atomic mass is 79.9. The fourth-order valence-corrected chi connectivity index (χ4v) is 3.05. The van der Waals surface area contributed by atoms with Crippen molar-refractivity contribution in [1.29, 1.82) is 0 Å². The van der Waals surface area contributed by atoms with Crippen molar-refractivity contribution in [2.24, 2.45) is 0 Å². The van der Waals surface area contributed by atoms with Gasteiger partial charge in [0.2, 0.25) is 5.91 Å².